The SMILES string of the molecule is CC(C)CC(C)(O)CNCc1cccnc1C#N. The Bertz CT molecular complexity index is 421. The van der Waals surface area contributed by atoms with Gasteiger partial charge in [0.25, 0.3) is 0 Å². The second-order valence-corrected chi connectivity index (χ2v) is 5.32. The molecule has 4 nitrogen and oxygen atoms in total. The molecule has 0 aliphatic rings. The standard InChI is InChI=1S/C14H21N3O/c1-11(2)7-14(3,18)10-16-9-12-5-4-6-17-13(12)8-15/h4-6,11,16,18H,7,9-10H2,1-3H3. The summed E-state index contributed by atoms with van der Waals surface area (Å²) in [6, 6.07) is 5.74. The van der Waals surface area contributed by atoms with Crippen LogP contribution in [0.2, 0.25) is 0 Å². The molecule has 1 atom stereocenters. The van der Waals surface area contributed by atoms with Crippen LogP contribution >= 0.6 is 0 Å². The van der Waals surface area contributed by atoms with Crippen LogP contribution in [0.4, 0.5) is 0 Å². The normalized spacial score (nSPS) is 14.2. The maximum atomic E-state index is 10.1. The van der Waals surface area contributed by atoms with E-state index in [1.54, 1.807) is 6.20 Å². The number of hydrogen-bond acceptors (Lipinski definition) is 4. The molecule has 2 N–H and O–H groups in total. The van der Waals surface area contributed by atoms with Crippen molar-refractivity contribution in [3.8, 4) is 6.07 Å². The maximum Gasteiger partial charge on any atom is 0.144 e. The quantitative estimate of drug-likeness (QED) is 0.804. The molecule has 0 amide bonds. The molecule has 0 aromatic carbocycles. The topological polar surface area (TPSA) is 68.9 Å². The summed E-state index contributed by atoms with van der Waals surface area (Å²) >= 11 is 0. The number of hydrogen-bond donors (Lipinski definition) is 2. The Morgan fingerprint density at radius 2 is 2.28 bits per heavy atom. The van der Waals surface area contributed by atoms with E-state index in [-0.39, 0.29) is 0 Å². The second-order valence-electron chi connectivity index (χ2n) is 5.32. The van der Waals surface area contributed by atoms with E-state index < -0.39 is 5.60 Å². The van der Waals surface area contributed by atoms with E-state index >= 15 is 0 Å². The molecular weight excluding hydrogens is 226 g/mol. The van der Waals surface area contributed by atoms with Gasteiger partial charge in [0.1, 0.15) is 11.8 Å². The summed E-state index contributed by atoms with van der Waals surface area (Å²) < 4.78 is 0. The molecule has 0 radical (unpaired) electrons. The minimum Gasteiger partial charge on any atom is -0.389 e. The number of nitriles is 1. The third-order valence-corrected chi connectivity index (χ3v) is 2.67. The number of nitrogens with one attached hydrogen (secondary N) is 1. The van der Waals surface area contributed by atoms with Crippen molar-refractivity contribution < 1.29 is 5.11 Å². The van der Waals surface area contributed by atoms with E-state index in [0.717, 1.165) is 12.0 Å². The summed E-state index contributed by atoms with van der Waals surface area (Å²) in [5.74, 6) is 0.454. The zero-order valence-electron chi connectivity index (χ0n) is 11.3. The van der Waals surface area contributed by atoms with Gasteiger partial charge in [-0.1, -0.05) is 19.9 Å². The molecule has 0 aliphatic heterocycles. The van der Waals surface area contributed by atoms with Crippen LogP contribution in [-0.4, -0.2) is 22.2 Å². The van der Waals surface area contributed by atoms with Gasteiger partial charge in [0.2, 0.25) is 0 Å². The summed E-state index contributed by atoms with van der Waals surface area (Å²) in [7, 11) is 0. The van der Waals surface area contributed by atoms with Gasteiger partial charge >= 0.3 is 0 Å². The van der Waals surface area contributed by atoms with Crippen LogP contribution in [0, 0.1) is 17.2 Å². The third-order valence-electron chi connectivity index (χ3n) is 2.67. The van der Waals surface area contributed by atoms with Gasteiger partial charge in [-0.3, -0.25) is 0 Å². The first-order valence-corrected chi connectivity index (χ1v) is 6.22. The van der Waals surface area contributed by atoms with E-state index in [1.165, 1.54) is 0 Å². The number of pyridine rings is 1. The van der Waals surface area contributed by atoms with Crippen LogP contribution in [0.15, 0.2) is 18.3 Å². The largest absolute Gasteiger partial charge is 0.389 e. The molecule has 1 aromatic heterocycles. The number of nitrogens with zero attached hydrogens (tertiary/aromatic N) is 2. The summed E-state index contributed by atoms with van der Waals surface area (Å²) in [5, 5.41) is 22.2. The lowest BCUT2D eigenvalue weighted by atomic mass is 9.94. The number of aliphatic hydroxyl groups is 1. The molecule has 0 fully saturated rings. The Balaban J connectivity index is 2.49. The van der Waals surface area contributed by atoms with Crippen molar-refractivity contribution in [2.45, 2.75) is 39.3 Å². The van der Waals surface area contributed by atoms with Gasteiger partial charge in [-0.2, -0.15) is 5.26 Å². The summed E-state index contributed by atoms with van der Waals surface area (Å²) in [6.45, 7) is 7.05. The Morgan fingerprint density at radius 3 is 2.89 bits per heavy atom. The van der Waals surface area contributed by atoms with Gasteiger partial charge in [0.05, 0.1) is 5.60 Å². The van der Waals surface area contributed by atoms with Gasteiger partial charge in [-0.05, 0) is 25.3 Å². The van der Waals surface area contributed by atoms with E-state index in [0.29, 0.717) is 24.7 Å². The third kappa shape index (κ3) is 4.82. The maximum absolute atomic E-state index is 10.1. The first-order valence-electron chi connectivity index (χ1n) is 6.22. The molecule has 1 aromatic rings. The van der Waals surface area contributed by atoms with Crippen LogP contribution in [0.25, 0.3) is 0 Å². The van der Waals surface area contributed by atoms with Gasteiger partial charge < -0.3 is 10.4 Å². The van der Waals surface area contributed by atoms with Crippen LogP contribution in [0.1, 0.15) is 38.4 Å². The van der Waals surface area contributed by atoms with Crippen molar-refractivity contribution in [1.82, 2.24) is 10.3 Å². The number of aromatic nitrogens is 1. The fourth-order valence-corrected chi connectivity index (χ4v) is 2.10. The predicted octanol–water partition coefficient (Wildman–Crippen LogP) is 1.84. The van der Waals surface area contributed by atoms with E-state index in [1.807, 2.05) is 19.1 Å². The molecule has 98 valence electrons. The van der Waals surface area contributed by atoms with E-state index in [2.05, 4.69) is 30.2 Å². The lowest BCUT2D eigenvalue weighted by molar-refractivity contribution is 0.0383. The molecule has 1 heterocycles. The van der Waals surface area contributed by atoms with Crippen molar-refractivity contribution >= 4 is 0 Å². The van der Waals surface area contributed by atoms with Crippen molar-refractivity contribution in [2.24, 2.45) is 5.92 Å². The van der Waals surface area contributed by atoms with Gasteiger partial charge in [-0.25, -0.2) is 4.98 Å². The fourth-order valence-electron chi connectivity index (χ4n) is 2.10. The van der Waals surface area contributed by atoms with Crippen molar-refractivity contribution in [3.05, 3.63) is 29.6 Å². The minimum absolute atomic E-state index is 0.438. The van der Waals surface area contributed by atoms with Gasteiger partial charge in [-0.15, -0.1) is 0 Å². The van der Waals surface area contributed by atoms with Crippen molar-refractivity contribution in [3.63, 3.8) is 0 Å². The fraction of sp³-hybridized carbons (Fsp3) is 0.571. The highest BCUT2D eigenvalue weighted by Crippen LogP contribution is 2.15. The first kappa shape index (κ1) is 14.6. The molecule has 0 spiro atoms. The summed E-state index contributed by atoms with van der Waals surface area (Å²) in [5.41, 5.74) is 0.581. The lowest BCUT2D eigenvalue weighted by Crippen LogP contribution is -2.38. The van der Waals surface area contributed by atoms with Crippen LogP contribution in [-0.2, 0) is 6.54 Å². The number of rotatable bonds is 6. The minimum atomic E-state index is -0.719. The highest BCUT2D eigenvalue weighted by molar-refractivity contribution is 5.30. The molecule has 0 aliphatic carbocycles. The average molecular weight is 247 g/mol. The van der Waals surface area contributed by atoms with Crippen LogP contribution < -0.4 is 5.32 Å². The van der Waals surface area contributed by atoms with Gasteiger partial charge in [0, 0.05) is 24.8 Å². The van der Waals surface area contributed by atoms with Crippen molar-refractivity contribution in [1.29, 1.82) is 5.26 Å². The lowest BCUT2D eigenvalue weighted by Gasteiger charge is -2.25. The summed E-state index contributed by atoms with van der Waals surface area (Å²) in [4.78, 5) is 4.00. The van der Waals surface area contributed by atoms with Crippen LogP contribution in [0.5, 0.6) is 0 Å². The zero-order valence-corrected chi connectivity index (χ0v) is 11.3. The first-order chi connectivity index (χ1) is 8.44. The molecule has 18 heavy (non-hydrogen) atoms. The Hall–Kier alpha value is -1.44. The second kappa shape index (κ2) is 6.48. The Kier molecular flexibility index (Phi) is 5.26. The average Bonchev–Trinajstić information content (AvgIpc) is 2.27. The zero-order chi connectivity index (χ0) is 13.6. The van der Waals surface area contributed by atoms with E-state index in [9.17, 15) is 5.11 Å². The van der Waals surface area contributed by atoms with E-state index in [4.69, 9.17) is 5.26 Å². The molecule has 0 saturated heterocycles. The molecule has 0 bridgehead atoms. The predicted molar refractivity (Wildman–Crippen MR) is 70.7 cm³/mol. The highest BCUT2D eigenvalue weighted by atomic mass is 16.3. The van der Waals surface area contributed by atoms with Crippen LogP contribution in [0.3, 0.4) is 0 Å². The molecule has 1 unspecified atom stereocenters. The summed E-state index contributed by atoms with van der Waals surface area (Å²) in [6.07, 6.45) is 2.36. The van der Waals surface area contributed by atoms with Gasteiger partial charge in [0.15, 0.2) is 0 Å². The molecular formula is C14H21N3O. The molecule has 0 saturated carbocycles. The Morgan fingerprint density at radius 1 is 1.56 bits per heavy atom. The smallest absolute Gasteiger partial charge is 0.144 e. The van der Waals surface area contributed by atoms with Crippen molar-refractivity contribution in [2.75, 3.05) is 6.54 Å². The highest BCUT2D eigenvalue weighted by Gasteiger charge is 2.21. The Labute approximate surface area is 109 Å². The monoisotopic (exact) mass is 247 g/mol. The molecule has 1 rings (SSSR count). The molecule has 4 heteroatoms.